The number of likely N-dealkylation sites (tertiary alicyclic amines) is 1. The normalized spacial score (nSPS) is 20.3. The number of carbonyl (C=O) groups excluding carboxylic acids is 1. The largest absolute Gasteiger partial charge is 0.508 e. The van der Waals surface area contributed by atoms with Crippen LogP contribution in [0.5, 0.6) is 11.5 Å². The second kappa shape index (κ2) is 7.34. The van der Waals surface area contributed by atoms with Gasteiger partial charge in [0.15, 0.2) is 6.61 Å². The molecule has 1 aliphatic heterocycles. The number of carbonyl (C=O) groups is 1. The number of piperidine rings is 1. The molecule has 1 fully saturated rings. The number of rotatable bonds is 4. The first-order valence-corrected chi connectivity index (χ1v) is 9.62. The van der Waals surface area contributed by atoms with Crippen LogP contribution in [0.4, 0.5) is 0 Å². The van der Waals surface area contributed by atoms with Crippen LogP contribution in [0, 0.1) is 0 Å². The molecule has 0 aromatic heterocycles. The number of hydrogen-bond acceptors (Lipinski definition) is 5. The zero-order valence-corrected chi connectivity index (χ0v) is 18.0. The molecule has 27 heavy (non-hydrogen) atoms. The van der Waals surface area contributed by atoms with Crippen LogP contribution in [-0.2, 0) is 14.9 Å². The summed E-state index contributed by atoms with van der Waals surface area (Å²) in [5, 5.41) is 10.0. The molecule has 2 rings (SSSR count). The molecule has 0 atom stereocenters. The molecule has 0 aliphatic carbocycles. The third-order valence-corrected chi connectivity index (χ3v) is 5.70. The first-order valence-electron chi connectivity index (χ1n) is 9.62. The van der Waals surface area contributed by atoms with Crippen molar-refractivity contribution in [1.29, 1.82) is 0 Å². The number of esters is 1. The van der Waals surface area contributed by atoms with Gasteiger partial charge in [-0.05, 0) is 58.4 Å². The number of nitrogens with zero attached hydrogens (tertiary/aromatic N) is 1. The Hall–Kier alpha value is -1.75. The monoisotopic (exact) mass is 377 g/mol. The van der Waals surface area contributed by atoms with Crippen LogP contribution in [0.2, 0.25) is 0 Å². The van der Waals surface area contributed by atoms with Crippen LogP contribution < -0.4 is 4.74 Å². The Bertz CT molecular complexity index is 670. The van der Waals surface area contributed by atoms with E-state index in [-0.39, 0.29) is 40.9 Å². The Morgan fingerprint density at radius 1 is 1.19 bits per heavy atom. The summed E-state index contributed by atoms with van der Waals surface area (Å²) >= 11 is 0. The van der Waals surface area contributed by atoms with E-state index in [1.807, 2.05) is 20.8 Å². The maximum atomic E-state index is 12.3. The quantitative estimate of drug-likeness (QED) is 0.795. The molecular weight excluding hydrogens is 342 g/mol. The standard InChI is InChI=1S/C22H35NO4/c1-20(2,3)17-11-15(9-10-18(17)24)26-14-19(25)27-16-12-21(4,5)23(8)22(6,7)13-16/h9-11,16,24H,12-14H2,1-8H3. The molecule has 1 aromatic carbocycles. The minimum Gasteiger partial charge on any atom is -0.508 e. The van der Waals surface area contributed by atoms with Gasteiger partial charge in [-0.3, -0.25) is 4.90 Å². The molecule has 1 N–H and O–H groups in total. The molecule has 5 nitrogen and oxygen atoms in total. The van der Waals surface area contributed by atoms with Gasteiger partial charge in [0.1, 0.15) is 17.6 Å². The summed E-state index contributed by atoms with van der Waals surface area (Å²) in [5.41, 5.74) is 0.500. The van der Waals surface area contributed by atoms with Crippen molar-refractivity contribution in [3.8, 4) is 11.5 Å². The minimum absolute atomic E-state index is 0.0356. The highest BCUT2D eigenvalue weighted by Crippen LogP contribution is 2.38. The molecule has 0 bridgehead atoms. The van der Waals surface area contributed by atoms with E-state index in [2.05, 4.69) is 39.6 Å². The maximum Gasteiger partial charge on any atom is 0.344 e. The van der Waals surface area contributed by atoms with E-state index in [0.717, 1.165) is 18.4 Å². The van der Waals surface area contributed by atoms with Crippen molar-refractivity contribution in [2.24, 2.45) is 0 Å². The summed E-state index contributed by atoms with van der Waals surface area (Å²) in [4.78, 5) is 14.7. The fourth-order valence-electron chi connectivity index (χ4n) is 3.93. The minimum atomic E-state index is -0.360. The second-order valence-corrected chi connectivity index (χ2v) is 9.92. The van der Waals surface area contributed by atoms with Crippen molar-refractivity contribution >= 4 is 5.97 Å². The summed E-state index contributed by atoms with van der Waals surface area (Å²) in [7, 11) is 2.12. The Morgan fingerprint density at radius 3 is 2.26 bits per heavy atom. The summed E-state index contributed by atoms with van der Waals surface area (Å²) < 4.78 is 11.3. The molecule has 0 amide bonds. The van der Waals surface area contributed by atoms with Gasteiger partial charge in [0.05, 0.1) is 0 Å². The van der Waals surface area contributed by atoms with Crippen molar-refractivity contribution in [1.82, 2.24) is 4.90 Å². The second-order valence-electron chi connectivity index (χ2n) is 9.92. The molecule has 1 aliphatic rings. The van der Waals surface area contributed by atoms with Crippen LogP contribution in [0.1, 0.15) is 66.9 Å². The van der Waals surface area contributed by atoms with Gasteiger partial charge in [0, 0.05) is 29.5 Å². The van der Waals surface area contributed by atoms with Crippen LogP contribution in [0.3, 0.4) is 0 Å². The van der Waals surface area contributed by atoms with Crippen molar-refractivity contribution in [2.45, 2.75) is 83.9 Å². The Kier molecular flexibility index (Phi) is 5.86. The molecule has 152 valence electrons. The topological polar surface area (TPSA) is 59.0 Å². The summed E-state index contributed by atoms with van der Waals surface area (Å²) in [6.45, 7) is 14.6. The van der Waals surface area contributed by atoms with Gasteiger partial charge in [-0.1, -0.05) is 20.8 Å². The Morgan fingerprint density at radius 2 is 1.74 bits per heavy atom. The average molecular weight is 378 g/mol. The lowest BCUT2D eigenvalue weighted by Crippen LogP contribution is -2.60. The molecule has 0 unspecified atom stereocenters. The van der Waals surface area contributed by atoms with E-state index in [1.54, 1.807) is 18.2 Å². The Labute approximate surface area is 163 Å². The predicted octanol–water partition coefficient (Wildman–Crippen LogP) is 4.26. The number of ether oxygens (including phenoxy) is 2. The van der Waals surface area contributed by atoms with Crippen molar-refractivity contribution in [3.63, 3.8) is 0 Å². The molecular formula is C22H35NO4. The molecule has 1 saturated heterocycles. The molecule has 0 saturated carbocycles. The first kappa shape index (κ1) is 21.5. The predicted molar refractivity (Wildman–Crippen MR) is 107 cm³/mol. The lowest BCUT2D eigenvalue weighted by Gasteiger charge is -2.53. The van der Waals surface area contributed by atoms with Gasteiger partial charge < -0.3 is 14.6 Å². The van der Waals surface area contributed by atoms with Gasteiger partial charge in [-0.15, -0.1) is 0 Å². The summed E-state index contributed by atoms with van der Waals surface area (Å²) in [5.74, 6) is 0.425. The van der Waals surface area contributed by atoms with Gasteiger partial charge in [0.25, 0.3) is 0 Å². The molecule has 0 radical (unpaired) electrons. The summed E-state index contributed by atoms with van der Waals surface area (Å²) in [6, 6.07) is 5.05. The van der Waals surface area contributed by atoms with Crippen LogP contribution in [-0.4, -0.2) is 46.8 Å². The zero-order chi connectivity index (χ0) is 20.6. The SMILES string of the molecule is CN1C(C)(C)CC(OC(=O)COc2ccc(O)c(C(C)(C)C)c2)CC1(C)C. The molecule has 1 heterocycles. The number of phenols is 1. The van der Waals surface area contributed by atoms with E-state index in [0.29, 0.717) is 5.75 Å². The fraction of sp³-hybridized carbons (Fsp3) is 0.682. The highest BCUT2D eigenvalue weighted by atomic mass is 16.6. The smallest absolute Gasteiger partial charge is 0.344 e. The number of benzene rings is 1. The van der Waals surface area contributed by atoms with E-state index >= 15 is 0 Å². The summed E-state index contributed by atoms with van der Waals surface area (Å²) in [6.07, 6.45) is 1.48. The van der Waals surface area contributed by atoms with Gasteiger partial charge in [0.2, 0.25) is 0 Å². The van der Waals surface area contributed by atoms with E-state index in [1.165, 1.54) is 0 Å². The van der Waals surface area contributed by atoms with Crippen LogP contribution in [0.25, 0.3) is 0 Å². The number of phenolic OH excluding ortho intramolecular Hbond substituents is 1. The molecule has 0 spiro atoms. The lowest BCUT2D eigenvalue weighted by atomic mass is 9.79. The van der Waals surface area contributed by atoms with E-state index in [4.69, 9.17) is 9.47 Å². The maximum absolute atomic E-state index is 12.3. The van der Waals surface area contributed by atoms with Crippen molar-refractivity contribution in [3.05, 3.63) is 23.8 Å². The average Bonchev–Trinajstić information content (AvgIpc) is 2.50. The van der Waals surface area contributed by atoms with Crippen LogP contribution in [0.15, 0.2) is 18.2 Å². The van der Waals surface area contributed by atoms with Crippen LogP contribution >= 0.6 is 0 Å². The number of hydrogen-bond donors (Lipinski definition) is 1. The third kappa shape index (κ3) is 5.16. The van der Waals surface area contributed by atoms with Crippen molar-refractivity contribution in [2.75, 3.05) is 13.7 Å². The third-order valence-electron chi connectivity index (χ3n) is 5.70. The highest BCUT2D eigenvalue weighted by Gasteiger charge is 2.44. The van der Waals surface area contributed by atoms with Gasteiger partial charge in [-0.2, -0.15) is 0 Å². The van der Waals surface area contributed by atoms with Gasteiger partial charge in [-0.25, -0.2) is 4.79 Å². The van der Waals surface area contributed by atoms with Crippen molar-refractivity contribution < 1.29 is 19.4 Å². The van der Waals surface area contributed by atoms with Gasteiger partial charge >= 0.3 is 5.97 Å². The Balaban J connectivity index is 1.97. The zero-order valence-electron chi connectivity index (χ0n) is 18.0. The lowest BCUT2D eigenvalue weighted by molar-refractivity contribution is -0.161. The first-order chi connectivity index (χ1) is 12.2. The number of aromatic hydroxyl groups is 1. The molecule has 1 aromatic rings. The molecule has 5 heteroatoms. The van der Waals surface area contributed by atoms with E-state index < -0.39 is 0 Å². The fourth-order valence-corrected chi connectivity index (χ4v) is 3.93. The van der Waals surface area contributed by atoms with E-state index in [9.17, 15) is 9.90 Å². The highest BCUT2D eigenvalue weighted by molar-refractivity contribution is 5.71.